The molecule has 2 heterocycles. The molecule has 0 aliphatic heterocycles. The fraction of sp³-hybridized carbons (Fsp3) is 0.500. The van der Waals surface area contributed by atoms with Crippen molar-refractivity contribution in [2.75, 3.05) is 19.6 Å². The van der Waals surface area contributed by atoms with Gasteiger partial charge in [-0.3, -0.25) is 0 Å². The van der Waals surface area contributed by atoms with Gasteiger partial charge >= 0.3 is 0 Å². The minimum absolute atomic E-state index is 0.242. The van der Waals surface area contributed by atoms with Crippen molar-refractivity contribution in [3.05, 3.63) is 19.5 Å². The molecule has 2 aromatic heterocycles. The summed E-state index contributed by atoms with van der Waals surface area (Å²) in [6, 6.07) is 1.70. The van der Waals surface area contributed by atoms with E-state index < -0.39 is 0 Å². The molecule has 0 spiro atoms. The van der Waals surface area contributed by atoms with E-state index in [4.69, 9.17) is 10.3 Å². The summed E-state index contributed by atoms with van der Waals surface area (Å²) in [5.74, 6) is 1.03. The molecule has 5 nitrogen and oxygen atoms in total. The number of nitrogens with zero attached hydrogens (tertiary/aromatic N) is 3. The van der Waals surface area contributed by atoms with Crippen molar-refractivity contribution in [1.29, 1.82) is 0 Å². The van der Waals surface area contributed by atoms with Crippen LogP contribution in [0.15, 0.2) is 18.2 Å². The Bertz CT molecular complexity index is 568. The standard InChI is InChI=1S/C12H16Br2N4OS/c1-3-18(4-2)6-8(15)11-16-12(19-17-11)7-5-9(13)20-10(7)14/h5,8H,3-4,6,15H2,1-2H3. The molecule has 110 valence electrons. The van der Waals surface area contributed by atoms with Gasteiger partial charge in [-0.1, -0.05) is 19.0 Å². The maximum Gasteiger partial charge on any atom is 0.260 e. The van der Waals surface area contributed by atoms with E-state index in [1.54, 1.807) is 11.3 Å². The lowest BCUT2D eigenvalue weighted by Crippen LogP contribution is -2.32. The minimum Gasteiger partial charge on any atom is -0.334 e. The topological polar surface area (TPSA) is 68.2 Å². The second-order valence-corrected chi connectivity index (χ2v) is 8.04. The second-order valence-electron chi connectivity index (χ2n) is 4.29. The number of hydrogen-bond acceptors (Lipinski definition) is 6. The molecule has 2 rings (SSSR count). The predicted molar refractivity (Wildman–Crippen MR) is 87.7 cm³/mol. The number of halogens is 2. The van der Waals surface area contributed by atoms with Gasteiger partial charge in [-0.15, -0.1) is 11.3 Å². The molecule has 0 saturated carbocycles. The maximum absolute atomic E-state index is 6.14. The van der Waals surface area contributed by atoms with Gasteiger partial charge in [-0.05, 0) is 51.0 Å². The molecule has 2 N–H and O–H groups in total. The van der Waals surface area contributed by atoms with Gasteiger partial charge in [-0.25, -0.2) is 0 Å². The van der Waals surface area contributed by atoms with E-state index in [9.17, 15) is 0 Å². The first-order chi connectivity index (χ1) is 9.55. The molecule has 1 atom stereocenters. The summed E-state index contributed by atoms with van der Waals surface area (Å²) in [6.07, 6.45) is 0. The summed E-state index contributed by atoms with van der Waals surface area (Å²) in [7, 11) is 0. The lowest BCUT2D eigenvalue weighted by Gasteiger charge is -2.20. The van der Waals surface area contributed by atoms with Crippen LogP contribution in [0.4, 0.5) is 0 Å². The van der Waals surface area contributed by atoms with Gasteiger partial charge in [0.15, 0.2) is 5.82 Å². The van der Waals surface area contributed by atoms with Crippen LogP contribution in [0, 0.1) is 0 Å². The summed E-state index contributed by atoms with van der Waals surface area (Å²) >= 11 is 8.48. The van der Waals surface area contributed by atoms with Gasteiger partial charge in [0.25, 0.3) is 5.89 Å². The van der Waals surface area contributed by atoms with Crippen molar-refractivity contribution in [2.45, 2.75) is 19.9 Å². The molecule has 0 saturated heterocycles. The van der Waals surface area contributed by atoms with Crippen molar-refractivity contribution >= 4 is 43.2 Å². The molecule has 0 amide bonds. The molecular formula is C12H16Br2N4OS. The van der Waals surface area contributed by atoms with Crippen LogP contribution in [0.1, 0.15) is 25.7 Å². The van der Waals surface area contributed by atoms with E-state index in [2.05, 4.69) is 60.7 Å². The largest absolute Gasteiger partial charge is 0.334 e. The Morgan fingerprint density at radius 1 is 1.40 bits per heavy atom. The molecule has 0 aromatic carbocycles. The van der Waals surface area contributed by atoms with Crippen molar-refractivity contribution in [3.63, 3.8) is 0 Å². The van der Waals surface area contributed by atoms with E-state index in [-0.39, 0.29) is 6.04 Å². The monoisotopic (exact) mass is 422 g/mol. The van der Waals surface area contributed by atoms with Crippen LogP contribution >= 0.6 is 43.2 Å². The third-order valence-corrected chi connectivity index (χ3v) is 5.35. The van der Waals surface area contributed by atoms with Gasteiger partial charge in [0, 0.05) is 6.54 Å². The highest BCUT2D eigenvalue weighted by Gasteiger charge is 2.19. The lowest BCUT2D eigenvalue weighted by molar-refractivity contribution is 0.278. The first kappa shape index (κ1) is 16.1. The Balaban J connectivity index is 2.14. The highest BCUT2D eigenvalue weighted by Crippen LogP contribution is 2.37. The molecule has 8 heteroatoms. The van der Waals surface area contributed by atoms with Gasteiger partial charge in [0.1, 0.15) is 0 Å². The summed E-state index contributed by atoms with van der Waals surface area (Å²) in [4.78, 5) is 6.64. The fourth-order valence-corrected chi connectivity index (χ4v) is 4.60. The first-order valence-electron chi connectivity index (χ1n) is 6.31. The number of likely N-dealkylation sites (N-methyl/N-ethyl adjacent to an activating group) is 1. The molecule has 1 unspecified atom stereocenters. The van der Waals surface area contributed by atoms with Gasteiger partial charge < -0.3 is 15.2 Å². The quantitative estimate of drug-likeness (QED) is 0.767. The number of aromatic nitrogens is 2. The first-order valence-corrected chi connectivity index (χ1v) is 8.72. The van der Waals surface area contributed by atoms with Crippen molar-refractivity contribution in [3.8, 4) is 11.5 Å². The van der Waals surface area contributed by atoms with E-state index in [1.165, 1.54) is 0 Å². The molecule has 0 aliphatic rings. The van der Waals surface area contributed by atoms with Crippen LogP contribution in [0.3, 0.4) is 0 Å². The van der Waals surface area contributed by atoms with E-state index in [1.807, 2.05) is 6.07 Å². The Hall–Kier alpha value is -0.280. The van der Waals surface area contributed by atoms with Crippen LogP contribution in [0.2, 0.25) is 0 Å². The van der Waals surface area contributed by atoms with Crippen molar-refractivity contribution in [2.24, 2.45) is 5.73 Å². The van der Waals surface area contributed by atoms with Crippen molar-refractivity contribution < 1.29 is 4.52 Å². The zero-order valence-corrected chi connectivity index (χ0v) is 15.3. The molecule has 0 radical (unpaired) electrons. The van der Waals surface area contributed by atoms with E-state index >= 15 is 0 Å². The molecule has 0 fully saturated rings. The maximum atomic E-state index is 6.14. The number of thiophene rings is 1. The summed E-state index contributed by atoms with van der Waals surface area (Å²) < 4.78 is 7.27. The summed E-state index contributed by atoms with van der Waals surface area (Å²) in [5.41, 5.74) is 7.02. The molecule has 20 heavy (non-hydrogen) atoms. The van der Waals surface area contributed by atoms with Crippen LogP contribution in [0.25, 0.3) is 11.5 Å². The number of rotatable bonds is 6. The third kappa shape index (κ3) is 3.67. The third-order valence-electron chi connectivity index (χ3n) is 3.01. The predicted octanol–water partition coefficient (Wildman–Crippen LogP) is 3.66. The number of hydrogen-bond donors (Lipinski definition) is 1. The van der Waals surface area contributed by atoms with Gasteiger partial charge in [0.05, 0.1) is 19.2 Å². The number of nitrogens with two attached hydrogens (primary N) is 1. The van der Waals surface area contributed by atoms with Gasteiger partial charge in [0.2, 0.25) is 0 Å². The zero-order chi connectivity index (χ0) is 14.7. The normalized spacial score (nSPS) is 13.1. The average molecular weight is 424 g/mol. The lowest BCUT2D eigenvalue weighted by atomic mass is 10.2. The zero-order valence-electron chi connectivity index (χ0n) is 11.3. The SMILES string of the molecule is CCN(CC)CC(N)c1noc(-c2cc(Br)sc2Br)n1. The molecule has 0 bridgehead atoms. The van der Waals surface area contributed by atoms with Gasteiger partial charge in [-0.2, -0.15) is 4.98 Å². The summed E-state index contributed by atoms with van der Waals surface area (Å²) in [6.45, 7) is 6.85. The minimum atomic E-state index is -0.242. The van der Waals surface area contributed by atoms with Crippen LogP contribution in [0.5, 0.6) is 0 Å². The van der Waals surface area contributed by atoms with Crippen LogP contribution in [-0.4, -0.2) is 34.7 Å². The Morgan fingerprint density at radius 2 is 2.10 bits per heavy atom. The summed E-state index contributed by atoms with van der Waals surface area (Å²) in [5, 5.41) is 4.00. The molecule has 0 aliphatic carbocycles. The second kappa shape index (κ2) is 7.13. The average Bonchev–Trinajstić information content (AvgIpc) is 3.02. The van der Waals surface area contributed by atoms with E-state index in [0.29, 0.717) is 11.7 Å². The van der Waals surface area contributed by atoms with Crippen molar-refractivity contribution in [1.82, 2.24) is 15.0 Å². The smallest absolute Gasteiger partial charge is 0.260 e. The Labute approximate surface area is 138 Å². The molecular weight excluding hydrogens is 408 g/mol. The molecule has 2 aromatic rings. The highest BCUT2D eigenvalue weighted by atomic mass is 79.9. The van der Waals surface area contributed by atoms with Crippen LogP contribution in [-0.2, 0) is 0 Å². The Morgan fingerprint density at radius 3 is 2.65 bits per heavy atom. The fourth-order valence-electron chi connectivity index (χ4n) is 1.82. The van der Waals surface area contributed by atoms with E-state index in [0.717, 1.165) is 32.8 Å². The van der Waals surface area contributed by atoms with Crippen LogP contribution < -0.4 is 5.73 Å². The highest BCUT2D eigenvalue weighted by molar-refractivity contribution is 9.12. The Kier molecular flexibility index (Phi) is 5.74.